The lowest BCUT2D eigenvalue weighted by atomic mass is 10.1. The average Bonchev–Trinajstić information content (AvgIpc) is 2.78. The fourth-order valence-electron chi connectivity index (χ4n) is 2.15. The van der Waals surface area contributed by atoms with Gasteiger partial charge in [0.05, 0.1) is 17.1 Å². The monoisotopic (exact) mass is 321 g/mol. The second-order valence-corrected chi connectivity index (χ2v) is 7.32. The first-order valence-corrected chi connectivity index (χ1v) is 8.69. The van der Waals surface area contributed by atoms with Gasteiger partial charge in [-0.15, -0.1) is 0 Å². The SMILES string of the molecule is Cc1c([C@@H](C)NC(=O)c2ccc(S(C)(=O)=O)cc2)cnn1C. The van der Waals surface area contributed by atoms with Crippen molar-refractivity contribution in [2.75, 3.05) is 6.26 Å². The minimum Gasteiger partial charge on any atom is -0.345 e. The topological polar surface area (TPSA) is 81.1 Å². The number of rotatable bonds is 4. The molecule has 2 rings (SSSR count). The minimum atomic E-state index is -3.26. The molecule has 6 nitrogen and oxygen atoms in total. The molecule has 2 aromatic rings. The highest BCUT2D eigenvalue weighted by atomic mass is 32.2. The van der Waals surface area contributed by atoms with Crippen molar-refractivity contribution in [1.82, 2.24) is 15.1 Å². The number of amides is 1. The maximum atomic E-state index is 12.2. The largest absolute Gasteiger partial charge is 0.345 e. The number of aryl methyl sites for hydroxylation is 1. The molecule has 0 aliphatic rings. The van der Waals surface area contributed by atoms with E-state index in [-0.39, 0.29) is 16.8 Å². The van der Waals surface area contributed by atoms with Crippen LogP contribution in [-0.4, -0.2) is 30.4 Å². The maximum Gasteiger partial charge on any atom is 0.251 e. The maximum absolute atomic E-state index is 12.2. The standard InChI is InChI=1S/C15H19N3O3S/c1-10(14-9-16-18(3)11(14)2)17-15(19)12-5-7-13(8-6-12)22(4,20)21/h5-10H,1-4H3,(H,17,19)/t10-/m1/s1. The number of sulfone groups is 1. The van der Waals surface area contributed by atoms with Crippen LogP contribution in [0.5, 0.6) is 0 Å². The summed E-state index contributed by atoms with van der Waals surface area (Å²) in [5, 5.41) is 7.04. The van der Waals surface area contributed by atoms with Gasteiger partial charge in [-0.25, -0.2) is 8.42 Å². The van der Waals surface area contributed by atoms with Gasteiger partial charge in [0.15, 0.2) is 9.84 Å². The van der Waals surface area contributed by atoms with Crippen molar-refractivity contribution in [3.05, 3.63) is 47.3 Å². The summed E-state index contributed by atoms with van der Waals surface area (Å²) in [4.78, 5) is 12.4. The van der Waals surface area contributed by atoms with E-state index in [1.165, 1.54) is 24.3 Å². The van der Waals surface area contributed by atoms with E-state index in [0.29, 0.717) is 5.56 Å². The first-order chi connectivity index (χ1) is 10.2. The Morgan fingerprint density at radius 1 is 1.27 bits per heavy atom. The smallest absolute Gasteiger partial charge is 0.251 e. The van der Waals surface area contributed by atoms with Gasteiger partial charge >= 0.3 is 0 Å². The third-order valence-corrected chi connectivity index (χ3v) is 4.76. The van der Waals surface area contributed by atoms with E-state index in [1.807, 2.05) is 20.9 Å². The molecule has 1 aromatic heterocycles. The molecule has 0 fully saturated rings. The molecule has 0 spiro atoms. The highest BCUT2D eigenvalue weighted by Crippen LogP contribution is 2.17. The quantitative estimate of drug-likeness (QED) is 0.928. The van der Waals surface area contributed by atoms with Gasteiger partial charge in [-0.3, -0.25) is 9.48 Å². The van der Waals surface area contributed by atoms with E-state index in [1.54, 1.807) is 10.9 Å². The van der Waals surface area contributed by atoms with Crippen LogP contribution in [0.15, 0.2) is 35.4 Å². The molecule has 1 amide bonds. The van der Waals surface area contributed by atoms with Gasteiger partial charge in [-0.2, -0.15) is 5.10 Å². The molecule has 0 aliphatic heterocycles. The Kier molecular flexibility index (Phi) is 4.37. The van der Waals surface area contributed by atoms with E-state index in [4.69, 9.17) is 0 Å². The number of hydrogen-bond donors (Lipinski definition) is 1. The van der Waals surface area contributed by atoms with Crippen molar-refractivity contribution in [2.24, 2.45) is 7.05 Å². The molecule has 1 aromatic carbocycles. The Bertz CT molecular complexity index is 792. The zero-order valence-electron chi connectivity index (χ0n) is 13.0. The Morgan fingerprint density at radius 3 is 2.32 bits per heavy atom. The molecule has 7 heteroatoms. The molecule has 22 heavy (non-hydrogen) atoms. The number of nitrogens with zero attached hydrogens (tertiary/aromatic N) is 2. The highest BCUT2D eigenvalue weighted by Gasteiger charge is 2.16. The number of aromatic nitrogens is 2. The van der Waals surface area contributed by atoms with Crippen molar-refractivity contribution in [2.45, 2.75) is 24.8 Å². The van der Waals surface area contributed by atoms with Crippen molar-refractivity contribution < 1.29 is 13.2 Å². The second kappa shape index (κ2) is 5.92. The lowest BCUT2D eigenvalue weighted by Crippen LogP contribution is -2.27. The fraction of sp³-hybridized carbons (Fsp3) is 0.333. The minimum absolute atomic E-state index is 0.184. The van der Waals surface area contributed by atoms with Gasteiger partial charge in [0.2, 0.25) is 0 Å². The molecule has 0 saturated heterocycles. The van der Waals surface area contributed by atoms with E-state index in [0.717, 1.165) is 17.5 Å². The first-order valence-electron chi connectivity index (χ1n) is 6.79. The molecular formula is C15H19N3O3S. The normalized spacial score (nSPS) is 12.9. The van der Waals surface area contributed by atoms with Crippen molar-refractivity contribution in [3.63, 3.8) is 0 Å². The van der Waals surface area contributed by atoms with Crippen LogP contribution in [0.1, 0.15) is 34.6 Å². The summed E-state index contributed by atoms with van der Waals surface area (Å²) in [7, 11) is -1.41. The number of nitrogens with one attached hydrogen (secondary N) is 1. The van der Waals surface area contributed by atoms with Crippen molar-refractivity contribution >= 4 is 15.7 Å². The van der Waals surface area contributed by atoms with Crippen LogP contribution in [0.4, 0.5) is 0 Å². The molecule has 0 bridgehead atoms. The van der Waals surface area contributed by atoms with Gasteiger partial charge < -0.3 is 5.32 Å². The van der Waals surface area contributed by atoms with E-state index in [2.05, 4.69) is 10.4 Å². The Morgan fingerprint density at radius 2 is 1.86 bits per heavy atom. The van der Waals surface area contributed by atoms with Crippen LogP contribution in [-0.2, 0) is 16.9 Å². The number of benzene rings is 1. The Balaban J connectivity index is 2.14. The molecule has 0 aliphatic carbocycles. The van der Waals surface area contributed by atoms with Gasteiger partial charge in [0.1, 0.15) is 0 Å². The zero-order valence-corrected chi connectivity index (χ0v) is 13.8. The van der Waals surface area contributed by atoms with Crippen molar-refractivity contribution in [3.8, 4) is 0 Å². The van der Waals surface area contributed by atoms with Crippen molar-refractivity contribution in [1.29, 1.82) is 0 Å². The molecule has 0 unspecified atom stereocenters. The summed E-state index contributed by atoms with van der Waals surface area (Å²) in [6, 6.07) is 5.70. The van der Waals surface area contributed by atoms with E-state index in [9.17, 15) is 13.2 Å². The van der Waals surface area contributed by atoms with Crippen LogP contribution < -0.4 is 5.32 Å². The summed E-state index contributed by atoms with van der Waals surface area (Å²) < 4.78 is 24.6. The Hall–Kier alpha value is -2.15. The average molecular weight is 321 g/mol. The Labute approximate surface area is 130 Å². The molecule has 1 N–H and O–H groups in total. The molecular weight excluding hydrogens is 302 g/mol. The van der Waals surface area contributed by atoms with Gasteiger partial charge in [0, 0.05) is 30.1 Å². The lowest BCUT2D eigenvalue weighted by molar-refractivity contribution is 0.0939. The molecule has 0 radical (unpaired) electrons. The van der Waals surface area contributed by atoms with E-state index < -0.39 is 9.84 Å². The highest BCUT2D eigenvalue weighted by molar-refractivity contribution is 7.90. The number of carbonyl (C=O) groups excluding carboxylic acids is 1. The zero-order chi connectivity index (χ0) is 16.5. The van der Waals surface area contributed by atoms with Gasteiger partial charge in [-0.1, -0.05) is 0 Å². The van der Waals surface area contributed by atoms with Gasteiger partial charge in [-0.05, 0) is 38.1 Å². The van der Waals surface area contributed by atoms with Crippen LogP contribution in [0.2, 0.25) is 0 Å². The second-order valence-electron chi connectivity index (χ2n) is 5.30. The first kappa shape index (κ1) is 16.2. The van der Waals surface area contributed by atoms with Crippen LogP contribution >= 0.6 is 0 Å². The summed E-state index contributed by atoms with van der Waals surface area (Å²) in [5.74, 6) is -0.254. The molecule has 0 saturated carbocycles. The molecule has 118 valence electrons. The van der Waals surface area contributed by atoms with Crippen LogP contribution in [0.3, 0.4) is 0 Å². The van der Waals surface area contributed by atoms with Gasteiger partial charge in [0.25, 0.3) is 5.91 Å². The number of carbonyl (C=O) groups is 1. The summed E-state index contributed by atoms with van der Waals surface area (Å²) in [6.45, 7) is 3.82. The molecule has 1 heterocycles. The van der Waals surface area contributed by atoms with Crippen LogP contribution in [0.25, 0.3) is 0 Å². The fourth-order valence-corrected chi connectivity index (χ4v) is 2.78. The van der Waals surface area contributed by atoms with Crippen LogP contribution in [0, 0.1) is 6.92 Å². The third kappa shape index (κ3) is 3.36. The van der Waals surface area contributed by atoms with E-state index >= 15 is 0 Å². The third-order valence-electron chi connectivity index (χ3n) is 3.63. The summed E-state index contributed by atoms with van der Waals surface area (Å²) in [6.07, 6.45) is 2.86. The predicted octanol–water partition coefficient (Wildman–Crippen LogP) is 1.62. The number of hydrogen-bond acceptors (Lipinski definition) is 4. The summed E-state index contributed by atoms with van der Waals surface area (Å²) >= 11 is 0. The molecule has 1 atom stereocenters. The summed E-state index contributed by atoms with van der Waals surface area (Å²) in [5.41, 5.74) is 2.35. The lowest BCUT2D eigenvalue weighted by Gasteiger charge is -2.14. The predicted molar refractivity (Wildman–Crippen MR) is 83.4 cm³/mol.